The zero-order valence-electron chi connectivity index (χ0n) is 15.3. The molecule has 0 radical (unpaired) electrons. The van der Waals surface area contributed by atoms with E-state index in [-0.39, 0.29) is 0 Å². The van der Waals surface area contributed by atoms with Crippen molar-refractivity contribution in [3.8, 4) is 22.5 Å². The highest BCUT2D eigenvalue weighted by molar-refractivity contribution is 9.10. The molecular formula is C21H17Br2ClN4. The maximum atomic E-state index is 6.34. The lowest BCUT2D eigenvalue weighted by Crippen LogP contribution is -2.13. The maximum Gasteiger partial charge on any atom is 0.134 e. The third kappa shape index (κ3) is 3.81. The predicted octanol–water partition coefficient (Wildman–Crippen LogP) is 6.71. The van der Waals surface area contributed by atoms with Gasteiger partial charge in [-0.3, -0.25) is 0 Å². The molecule has 0 aliphatic rings. The van der Waals surface area contributed by atoms with Gasteiger partial charge in [0.1, 0.15) is 6.67 Å². The summed E-state index contributed by atoms with van der Waals surface area (Å²) in [5.41, 5.74) is 5.80. The molecule has 0 fully saturated rings. The van der Waals surface area contributed by atoms with Crippen LogP contribution < -0.4 is 0 Å². The van der Waals surface area contributed by atoms with Crippen molar-refractivity contribution in [1.29, 1.82) is 0 Å². The molecule has 0 bridgehead atoms. The largest absolute Gasteiger partial charge is 0.246 e. The van der Waals surface area contributed by atoms with E-state index in [0.29, 0.717) is 11.7 Å². The monoisotopic (exact) mass is 518 g/mol. The molecule has 0 saturated heterocycles. The zero-order valence-corrected chi connectivity index (χ0v) is 19.3. The predicted molar refractivity (Wildman–Crippen MR) is 121 cm³/mol. The van der Waals surface area contributed by atoms with Crippen molar-refractivity contribution in [1.82, 2.24) is 19.6 Å². The molecule has 7 heteroatoms. The van der Waals surface area contributed by atoms with Gasteiger partial charge in [0.05, 0.1) is 27.8 Å². The molecule has 2 heterocycles. The summed E-state index contributed by atoms with van der Waals surface area (Å²) in [4.78, 5) is 0. The Kier molecular flexibility index (Phi) is 5.45. The van der Waals surface area contributed by atoms with Gasteiger partial charge < -0.3 is 0 Å². The topological polar surface area (TPSA) is 35.6 Å². The Morgan fingerprint density at radius 2 is 1.50 bits per heavy atom. The summed E-state index contributed by atoms with van der Waals surface area (Å²) in [6.45, 7) is 4.37. The molecule has 0 saturated carbocycles. The van der Waals surface area contributed by atoms with Gasteiger partial charge in [-0.15, -0.1) is 0 Å². The summed E-state index contributed by atoms with van der Waals surface area (Å²) in [6.07, 6.45) is 0. The molecule has 2 aromatic heterocycles. The van der Waals surface area contributed by atoms with Crippen LogP contribution in [0, 0.1) is 13.8 Å². The molecule has 28 heavy (non-hydrogen) atoms. The third-order valence-electron chi connectivity index (χ3n) is 4.58. The van der Waals surface area contributed by atoms with Crippen LogP contribution in [0.3, 0.4) is 0 Å². The fourth-order valence-corrected chi connectivity index (χ4v) is 4.07. The van der Waals surface area contributed by atoms with Crippen LogP contribution in [0.25, 0.3) is 22.5 Å². The van der Waals surface area contributed by atoms with Gasteiger partial charge in [0.2, 0.25) is 0 Å². The number of benzene rings is 2. The minimum absolute atomic E-state index is 0.481. The van der Waals surface area contributed by atoms with Crippen molar-refractivity contribution in [3.63, 3.8) is 0 Å². The minimum Gasteiger partial charge on any atom is -0.246 e. The summed E-state index contributed by atoms with van der Waals surface area (Å²) < 4.78 is 5.90. The van der Waals surface area contributed by atoms with Crippen LogP contribution in [0.4, 0.5) is 0 Å². The molecule has 142 valence electrons. The van der Waals surface area contributed by atoms with Crippen LogP contribution in [0.15, 0.2) is 63.5 Å². The molecule has 0 atom stereocenters. The molecule has 2 aromatic carbocycles. The first-order valence-electron chi connectivity index (χ1n) is 8.71. The first-order valence-corrected chi connectivity index (χ1v) is 10.7. The van der Waals surface area contributed by atoms with E-state index < -0.39 is 0 Å². The summed E-state index contributed by atoms with van der Waals surface area (Å²) in [6, 6.07) is 18.5. The van der Waals surface area contributed by atoms with Gasteiger partial charge in [0, 0.05) is 20.1 Å². The van der Waals surface area contributed by atoms with E-state index in [0.717, 1.165) is 42.8 Å². The second-order valence-electron chi connectivity index (χ2n) is 6.56. The highest BCUT2D eigenvalue weighted by Crippen LogP contribution is 2.30. The van der Waals surface area contributed by atoms with Crippen molar-refractivity contribution in [2.24, 2.45) is 0 Å². The quantitative estimate of drug-likeness (QED) is 0.300. The summed E-state index contributed by atoms with van der Waals surface area (Å²) in [7, 11) is 0. The lowest BCUT2D eigenvalue weighted by molar-refractivity contribution is 0.496. The van der Waals surface area contributed by atoms with Gasteiger partial charge in [-0.05, 0) is 44.2 Å². The van der Waals surface area contributed by atoms with E-state index in [1.165, 1.54) is 0 Å². The molecule has 0 spiro atoms. The van der Waals surface area contributed by atoms with Gasteiger partial charge in [0.15, 0.2) is 0 Å². The lowest BCUT2D eigenvalue weighted by Gasteiger charge is -2.10. The van der Waals surface area contributed by atoms with Gasteiger partial charge in [-0.2, -0.15) is 10.2 Å². The second-order valence-corrected chi connectivity index (χ2v) is 8.77. The van der Waals surface area contributed by atoms with Crippen LogP contribution in [-0.2, 0) is 6.67 Å². The van der Waals surface area contributed by atoms with Crippen LogP contribution in [0.1, 0.15) is 11.4 Å². The Hall–Kier alpha value is -1.89. The van der Waals surface area contributed by atoms with E-state index in [2.05, 4.69) is 67.3 Å². The van der Waals surface area contributed by atoms with E-state index in [4.69, 9.17) is 16.7 Å². The number of rotatable bonds is 4. The molecule has 4 aromatic rings. The zero-order chi connectivity index (χ0) is 19.8. The number of aryl methyl sites for hydroxylation is 1. The van der Waals surface area contributed by atoms with Crippen molar-refractivity contribution >= 4 is 43.5 Å². The maximum absolute atomic E-state index is 6.34. The average molecular weight is 521 g/mol. The van der Waals surface area contributed by atoms with Crippen molar-refractivity contribution in [3.05, 3.63) is 80.0 Å². The SMILES string of the molecule is Cc1nn(Cn2nc(-c3cccc(Br)c3)cc2-c2cccc(Br)c2)c(C)c1Cl. The highest BCUT2D eigenvalue weighted by atomic mass is 79.9. The summed E-state index contributed by atoms with van der Waals surface area (Å²) in [5.74, 6) is 0. The summed E-state index contributed by atoms with van der Waals surface area (Å²) >= 11 is 13.4. The third-order valence-corrected chi connectivity index (χ3v) is 6.12. The molecular weight excluding hydrogens is 504 g/mol. The normalized spacial score (nSPS) is 11.2. The van der Waals surface area contributed by atoms with E-state index >= 15 is 0 Å². The molecule has 0 amide bonds. The fourth-order valence-electron chi connectivity index (χ4n) is 3.13. The second kappa shape index (κ2) is 7.85. The fraction of sp³-hybridized carbons (Fsp3) is 0.143. The Labute approximate surface area is 185 Å². The number of hydrogen-bond acceptors (Lipinski definition) is 2. The van der Waals surface area contributed by atoms with Crippen LogP contribution in [0.2, 0.25) is 5.02 Å². The Morgan fingerprint density at radius 3 is 2.11 bits per heavy atom. The van der Waals surface area contributed by atoms with Gasteiger partial charge in [0.25, 0.3) is 0 Å². The first kappa shape index (κ1) is 19.4. The van der Waals surface area contributed by atoms with Gasteiger partial charge in [-0.1, -0.05) is 67.7 Å². The lowest BCUT2D eigenvalue weighted by atomic mass is 10.1. The van der Waals surface area contributed by atoms with Crippen molar-refractivity contribution < 1.29 is 0 Å². The minimum atomic E-state index is 0.481. The van der Waals surface area contributed by atoms with Crippen LogP contribution >= 0.6 is 43.5 Å². The van der Waals surface area contributed by atoms with E-state index in [1.807, 2.05) is 47.5 Å². The van der Waals surface area contributed by atoms with Crippen LogP contribution in [-0.4, -0.2) is 19.6 Å². The number of nitrogens with zero attached hydrogens (tertiary/aromatic N) is 4. The van der Waals surface area contributed by atoms with Crippen molar-refractivity contribution in [2.45, 2.75) is 20.5 Å². The highest BCUT2D eigenvalue weighted by Gasteiger charge is 2.15. The first-order chi connectivity index (χ1) is 13.4. The Balaban J connectivity index is 1.84. The van der Waals surface area contributed by atoms with Gasteiger partial charge in [-0.25, -0.2) is 9.36 Å². The van der Waals surface area contributed by atoms with Gasteiger partial charge >= 0.3 is 0 Å². The van der Waals surface area contributed by atoms with E-state index in [1.54, 1.807) is 0 Å². The molecule has 0 aliphatic carbocycles. The number of halogens is 3. The molecule has 4 nitrogen and oxygen atoms in total. The Morgan fingerprint density at radius 1 is 0.857 bits per heavy atom. The van der Waals surface area contributed by atoms with E-state index in [9.17, 15) is 0 Å². The molecule has 0 unspecified atom stereocenters. The number of aromatic nitrogens is 4. The summed E-state index contributed by atoms with van der Waals surface area (Å²) in [5, 5.41) is 10.1. The smallest absolute Gasteiger partial charge is 0.134 e. The van der Waals surface area contributed by atoms with Crippen molar-refractivity contribution in [2.75, 3.05) is 0 Å². The molecule has 0 aliphatic heterocycles. The standard InChI is InChI=1S/C21H17Br2ClN4/c1-13-21(24)14(2)27(25-13)12-28-20(16-6-4-8-18(23)10-16)11-19(26-28)15-5-3-7-17(22)9-15/h3-11H,12H2,1-2H3. The van der Waals surface area contributed by atoms with Crippen LogP contribution in [0.5, 0.6) is 0 Å². The molecule has 0 N–H and O–H groups in total. The molecule has 4 rings (SSSR count). The number of hydrogen-bond donors (Lipinski definition) is 0. The Bertz CT molecular complexity index is 1160. The average Bonchev–Trinajstić information content (AvgIpc) is 3.19.